The van der Waals surface area contributed by atoms with Crippen LogP contribution in [0.2, 0.25) is 0 Å². The van der Waals surface area contributed by atoms with E-state index in [2.05, 4.69) is 36.4 Å². The summed E-state index contributed by atoms with van der Waals surface area (Å²) in [7, 11) is 0. The molecule has 6 aromatic rings. The molecule has 0 unspecified atom stereocenters. The van der Waals surface area contributed by atoms with Gasteiger partial charge in [-0.1, -0.05) is 0 Å². The smallest absolute Gasteiger partial charge is 0.123 e. The van der Waals surface area contributed by atoms with Crippen molar-refractivity contribution in [2.24, 2.45) is 0 Å². The van der Waals surface area contributed by atoms with Gasteiger partial charge in [-0.3, -0.25) is 0 Å². The summed E-state index contributed by atoms with van der Waals surface area (Å²) in [6.45, 7) is 24.2. The van der Waals surface area contributed by atoms with E-state index in [9.17, 15) is 10.2 Å². The lowest BCUT2D eigenvalue weighted by Gasteiger charge is -2.22. The van der Waals surface area contributed by atoms with Crippen LogP contribution in [0.3, 0.4) is 0 Å². The van der Waals surface area contributed by atoms with E-state index in [0.29, 0.717) is 126 Å². The van der Waals surface area contributed by atoms with Gasteiger partial charge in [-0.25, -0.2) is 0 Å². The van der Waals surface area contributed by atoms with Crippen molar-refractivity contribution >= 4 is 0 Å². The Balaban J connectivity index is 1.47. The van der Waals surface area contributed by atoms with Gasteiger partial charge in [0.2, 0.25) is 0 Å². The van der Waals surface area contributed by atoms with Crippen molar-refractivity contribution in [2.75, 3.05) is 66.1 Å². The molecule has 6 aromatic carbocycles. The monoisotopic (exact) mass is 1010 g/mol. The molecule has 0 amide bonds. The van der Waals surface area contributed by atoms with Crippen molar-refractivity contribution in [3.05, 3.63) is 140 Å². The predicted octanol–water partition coefficient (Wildman–Crippen LogP) is 12.9. The SMILES string of the molecule is CCOc1cc2c(OCC)cc1Cc1cc(O)c(cc1O)Cc1cc(OCC)c(cc1OCC)Cc1cc(OCC)c(cc1OCC)Cc1cc(OCC)c(cc1OCC)Cc1cc(OCC)c(cc1OCC)C2. The Kier molecular flexibility index (Phi) is 19.4. The van der Waals surface area contributed by atoms with Gasteiger partial charge in [0.1, 0.15) is 69.0 Å². The molecule has 0 radical (unpaired) electrons. The molecule has 396 valence electrons. The van der Waals surface area contributed by atoms with E-state index < -0.39 is 0 Å². The van der Waals surface area contributed by atoms with Gasteiger partial charge in [-0.05, 0) is 142 Å². The second-order valence-electron chi connectivity index (χ2n) is 17.8. The Labute approximate surface area is 438 Å². The number of phenolic OH excluding ortho intramolecular Hbond substituents is 2. The number of hydrogen-bond acceptors (Lipinski definition) is 12. The second-order valence-corrected chi connectivity index (χ2v) is 17.8. The number of aromatic hydroxyl groups is 2. The maximum atomic E-state index is 11.7. The Morgan fingerprint density at radius 3 is 0.459 bits per heavy atom. The summed E-state index contributed by atoms with van der Waals surface area (Å²) in [5.41, 5.74) is 10.0. The second kappa shape index (κ2) is 26.2. The van der Waals surface area contributed by atoms with Gasteiger partial charge >= 0.3 is 0 Å². The predicted molar refractivity (Wildman–Crippen MR) is 291 cm³/mol. The minimum absolute atomic E-state index is 0.0433. The zero-order valence-corrected chi connectivity index (χ0v) is 45.2. The molecule has 0 atom stereocenters. The fraction of sp³-hybridized carbons (Fsp3) is 0.419. The number of rotatable bonds is 20. The summed E-state index contributed by atoms with van der Waals surface area (Å²) in [5.74, 6) is 7.15. The lowest BCUT2D eigenvalue weighted by atomic mass is 9.92. The molecule has 0 fully saturated rings. The first kappa shape index (κ1) is 54.7. The molecule has 0 heterocycles. The van der Waals surface area contributed by atoms with Crippen LogP contribution in [0.5, 0.6) is 69.0 Å². The fourth-order valence-corrected chi connectivity index (χ4v) is 9.68. The topological polar surface area (TPSA) is 133 Å². The lowest BCUT2D eigenvalue weighted by molar-refractivity contribution is 0.319. The molecule has 2 N–H and O–H groups in total. The summed E-state index contributed by atoms with van der Waals surface area (Å²) in [6.07, 6.45) is 2.38. The van der Waals surface area contributed by atoms with Crippen LogP contribution in [0.15, 0.2) is 72.8 Å². The van der Waals surface area contributed by atoms with Crippen molar-refractivity contribution < 1.29 is 57.6 Å². The van der Waals surface area contributed by atoms with Gasteiger partial charge in [0.05, 0.1) is 66.1 Å². The van der Waals surface area contributed by atoms with Crippen LogP contribution in [0.25, 0.3) is 0 Å². The first-order valence-electron chi connectivity index (χ1n) is 26.6. The van der Waals surface area contributed by atoms with Crippen molar-refractivity contribution in [1.82, 2.24) is 0 Å². The van der Waals surface area contributed by atoms with E-state index in [-0.39, 0.29) is 24.3 Å². The molecule has 16 aliphatic carbocycles. The quantitative estimate of drug-likeness (QED) is 0.0704. The zero-order valence-electron chi connectivity index (χ0n) is 45.2. The number of hydrogen-bond donors (Lipinski definition) is 2. The highest BCUT2D eigenvalue weighted by molar-refractivity contribution is 5.60. The summed E-state index contributed by atoms with van der Waals surface area (Å²) >= 11 is 0. The third kappa shape index (κ3) is 13.0. The minimum Gasteiger partial charge on any atom is -0.508 e. The summed E-state index contributed by atoms with van der Waals surface area (Å²) < 4.78 is 64.1. The van der Waals surface area contributed by atoms with Crippen molar-refractivity contribution in [3.8, 4) is 69.0 Å². The van der Waals surface area contributed by atoms with E-state index in [0.717, 1.165) is 90.1 Å². The van der Waals surface area contributed by atoms with E-state index >= 15 is 0 Å². The molecule has 0 aromatic heterocycles. The average molecular weight is 1010 g/mol. The summed E-state index contributed by atoms with van der Waals surface area (Å²) in [4.78, 5) is 0. The summed E-state index contributed by atoms with van der Waals surface area (Å²) in [5, 5.41) is 23.4. The maximum Gasteiger partial charge on any atom is 0.123 e. The van der Waals surface area contributed by atoms with Crippen LogP contribution in [-0.2, 0) is 38.5 Å². The molecule has 22 rings (SSSR count). The molecule has 12 nitrogen and oxygen atoms in total. The van der Waals surface area contributed by atoms with Crippen molar-refractivity contribution in [2.45, 2.75) is 108 Å². The molecule has 0 saturated carbocycles. The molecule has 12 bridgehead atoms. The molecular formula is C62H76O12. The normalized spacial score (nSPS) is 12.2. The zero-order chi connectivity index (χ0) is 52.7. The highest BCUT2D eigenvalue weighted by Gasteiger charge is 2.24. The van der Waals surface area contributed by atoms with Crippen LogP contribution in [0.4, 0.5) is 0 Å². The van der Waals surface area contributed by atoms with Gasteiger partial charge < -0.3 is 57.6 Å². The molecule has 0 saturated heterocycles. The van der Waals surface area contributed by atoms with Crippen molar-refractivity contribution in [3.63, 3.8) is 0 Å². The molecule has 0 spiro atoms. The van der Waals surface area contributed by atoms with Crippen LogP contribution < -0.4 is 47.4 Å². The molecule has 74 heavy (non-hydrogen) atoms. The maximum absolute atomic E-state index is 11.7. The van der Waals surface area contributed by atoms with E-state index in [4.69, 9.17) is 47.4 Å². The van der Waals surface area contributed by atoms with Gasteiger partial charge in [0, 0.05) is 105 Å². The third-order valence-electron chi connectivity index (χ3n) is 12.8. The third-order valence-corrected chi connectivity index (χ3v) is 12.8. The molecular weight excluding hydrogens is 937 g/mol. The largest absolute Gasteiger partial charge is 0.508 e. The van der Waals surface area contributed by atoms with E-state index in [1.54, 1.807) is 12.1 Å². The van der Waals surface area contributed by atoms with Crippen LogP contribution >= 0.6 is 0 Å². The lowest BCUT2D eigenvalue weighted by Crippen LogP contribution is -2.08. The average Bonchev–Trinajstić information content (AvgIpc) is 3.37. The Morgan fingerprint density at radius 2 is 0.338 bits per heavy atom. The van der Waals surface area contributed by atoms with Gasteiger partial charge in [0.25, 0.3) is 0 Å². The van der Waals surface area contributed by atoms with Crippen LogP contribution in [0, 0.1) is 0 Å². The minimum atomic E-state index is 0.0433. The van der Waals surface area contributed by atoms with Crippen molar-refractivity contribution in [1.29, 1.82) is 0 Å². The van der Waals surface area contributed by atoms with Gasteiger partial charge in [0.15, 0.2) is 0 Å². The van der Waals surface area contributed by atoms with Gasteiger partial charge in [-0.2, -0.15) is 0 Å². The van der Waals surface area contributed by atoms with Crippen LogP contribution in [0.1, 0.15) is 136 Å². The molecule has 12 heteroatoms. The van der Waals surface area contributed by atoms with Crippen LogP contribution in [-0.4, -0.2) is 76.3 Å². The Hall–Kier alpha value is -7.08. The first-order valence-corrected chi connectivity index (χ1v) is 26.6. The molecule has 16 aliphatic rings. The number of benzene rings is 6. The van der Waals surface area contributed by atoms with E-state index in [1.807, 2.05) is 93.5 Å². The first-order chi connectivity index (χ1) is 36.0. The summed E-state index contributed by atoms with van der Waals surface area (Å²) in [6, 6.07) is 23.8. The fourth-order valence-electron chi connectivity index (χ4n) is 9.68. The Morgan fingerprint density at radius 1 is 0.216 bits per heavy atom. The highest BCUT2D eigenvalue weighted by atomic mass is 16.5. The molecule has 0 aliphatic heterocycles. The van der Waals surface area contributed by atoms with Gasteiger partial charge in [-0.15, -0.1) is 0 Å². The van der Waals surface area contributed by atoms with E-state index in [1.165, 1.54) is 0 Å². The Bertz CT molecular complexity index is 2660. The number of phenols is 2. The number of ether oxygens (including phenoxy) is 10. The standard InChI is InChI=1S/C62H76O12/c1-11-65-53-31-43-23-45-33-59(71-17-7)47(35-57(45)69-15-5)25-49-37-62(74-20-10)50(38-61(49)73-19-9)26-48-36-58(70-16-6)46(34-60(48)72-18-8)24-44-32-54(66-12-2)42(30-56(44)68-14-4)22-40-28-51(63)39(27-52(40)64)21-41(53)29-55(43)67-13-3/h27-38,63-64H,11-26H2,1-10H3. The highest BCUT2D eigenvalue weighted by Crippen LogP contribution is 2.43.